The Morgan fingerprint density at radius 3 is 2.54 bits per heavy atom. The maximum absolute atomic E-state index is 13.1. The predicted molar refractivity (Wildman–Crippen MR) is 95.7 cm³/mol. The number of carbonyl (C=O) groups excluding carboxylic acids is 2. The van der Waals surface area contributed by atoms with Crippen molar-refractivity contribution in [1.82, 2.24) is 4.40 Å². The molecule has 26 heavy (non-hydrogen) atoms. The average Bonchev–Trinajstić information content (AvgIpc) is 2.95. The second-order valence-corrected chi connectivity index (χ2v) is 6.22. The molecule has 0 aliphatic heterocycles. The lowest BCUT2D eigenvalue weighted by Crippen LogP contribution is -2.23. The highest BCUT2D eigenvalue weighted by atomic mass is 32.1. The van der Waals surface area contributed by atoms with Crippen molar-refractivity contribution >= 4 is 39.0 Å². The van der Waals surface area contributed by atoms with Gasteiger partial charge in [0.1, 0.15) is 22.0 Å². The van der Waals surface area contributed by atoms with E-state index in [1.54, 1.807) is 42.6 Å². The van der Waals surface area contributed by atoms with Crippen molar-refractivity contribution in [3.63, 3.8) is 0 Å². The summed E-state index contributed by atoms with van der Waals surface area (Å²) in [5, 5.41) is 9.54. The Kier molecular flexibility index (Phi) is 4.73. The van der Waals surface area contributed by atoms with Crippen LogP contribution >= 0.6 is 11.3 Å². The number of fused-ring (bicyclic) bond motifs is 3. The molecule has 7 nitrogen and oxygen atoms in total. The fourth-order valence-electron chi connectivity index (χ4n) is 2.71. The molecule has 0 saturated heterocycles. The number of hydrogen-bond acceptors (Lipinski definition) is 7. The number of nitrogens with zero attached hydrogens (tertiary/aromatic N) is 2. The molecule has 0 saturated carbocycles. The molecule has 0 aliphatic rings. The summed E-state index contributed by atoms with van der Waals surface area (Å²) in [5.74, 6) is -1.68. The van der Waals surface area contributed by atoms with E-state index in [-0.39, 0.29) is 34.7 Å². The summed E-state index contributed by atoms with van der Waals surface area (Å²) >= 11 is 0.888. The molecule has 0 spiro atoms. The van der Waals surface area contributed by atoms with Gasteiger partial charge in [0.25, 0.3) is 0 Å². The second-order valence-electron chi connectivity index (χ2n) is 5.20. The number of aromatic nitrogens is 1. The minimum Gasteiger partial charge on any atom is -0.462 e. The van der Waals surface area contributed by atoms with Gasteiger partial charge in [0.05, 0.1) is 29.0 Å². The van der Waals surface area contributed by atoms with Crippen LogP contribution < -0.4 is 5.43 Å². The summed E-state index contributed by atoms with van der Waals surface area (Å²) in [6.45, 7) is 3.37. The molecule has 0 bridgehead atoms. The molecule has 3 aromatic heterocycles. The maximum atomic E-state index is 13.1. The van der Waals surface area contributed by atoms with Crippen molar-refractivity contribution in [2.45, 2.75) is 13.8 Å². The van der Waals surface area contributed by atoms with Gasteiger partial charge in [-0.3, -0.25) is 4.79 Å². The number of ether oxygens (including phenoxy) is 2. The zero-order valence-corrected chi connectivity index (χ0v) is 14.9. The van der Waals surface area contributed by atoms with E-state index in [0.29, 0.717) is 10.2 Å². The summed E-state index contributed by atoms with van der Waals surface area (Å²) in [4.78, 5) is 37.6. The van der Waals surface area contributed by atoms with Crippen LogP contribution in [0.1, 0.15) is 39.4 Å². The monoisotopic (exact) mass is 370 g/mol. The highest BCUT2D eigenvalue weighted by molar-refractivity contribution is 7.20. The van der Waals surface area contributed by atoms with Crippen LogP contribution in [0, 0.1) is 11.3 Å². The van der Waals surface area contributed by atoms with Gasteiger partial charge in [0.15, 0.2) is 0 Å². The minimum atomic E-state index is -0.886. The zero-order chi connectivity index (χ0) is 18.8. The summed E-state index contributed by atoms with van der Waals surface area (Å²) < 4.78 is 11.8. The Hall–Kier alpha value is -3.18. The van der Waals surface area contributed by atoms with Gasteiger partial charge in [-0.2, -0.15) is 5.26 Å². The molecular formula is C18H14N2O5S. The highest BCUT2D eigenvalue weighted by Crippen LogP contribution is 2.31. The molecule has 3 rings (SSSR count). The Morgan fingerprint density at radius 1 is 1.19 bits per heavy atom. The van der Waals surface area contributed by atoms with E-state index >= 15 is 0 Å². The smallest absolute Gasteiger partial charge is 0.349 e. The first-order chi connectivity index (χ1) is 12.5. The molecule has 0 fully saturated rings. The molecule has 0 N–H and O–H groups in total. The normalized spacial score (nSPS) is 10.7. The van der Waals surface area contributed by atoms with Crippen molar-refractivity contribution in [2.24, 2.45) is 0 Å². The minimum absolute atomic E-state index is 0.0571. The molecule has 8 heteroatoms. The third kappa shape index (κ3) is 2.62. The Labute approximate surface area is 152 Å². The van der Waals surface area contributed by atoms with E-state index in [2.05, 4.69) is 6.07 Å². The van der Waals surface area contributed by atoms with Gasteiger partial charge in [0, 0.05) is 6.20 Å². The predicted octanol–water partition coefficient (Wildman–Crippen LogP) is 2.74. The number of rotatable bonds is 4. The molecule has 0 aliphatic carbocycles. The lowest BCUT2D eigenvalue weighted by atomic mass is 10.2. The van der Waals surface area contributed by atoms with Crippen molar-refractivity contribution in [3.8, 4) is 6.07 Å². The summed E-state index contributed by atoms with van der Waals surface area (Å²) in [6, 6.07) is 7.22. The number of hydrogen-bond donors (Lipinski definition) is 0. The van der Waals surface area contributed by atoms with Gasteiger partial charge in [-0.15, -0.1) is 11.3 Å². The van der Waals surface area contributed by atoms with Gasteiger partial charge < -0.3 is 13.9 Å². The number of nitriles is 1. The molecule has 0 radical (unpaired) electrons. The molecular weight excluding hydrogens is 356 g/mol. The SMILES string of the molecule is CCOC(=O)c1sc2c(C#N)c3ccccn3c2c(=O)c1C(=O)OCC. The largest absolute Gasteiger partial charge is 0.462 e. The first-order valence-electron chi connectivity index (χ1n) is 7.89. The fourth-order valence-corrected chi connectivity index (χ4v) is 3.87. The fraction of sp³-hybridized carbons (Fsp3) is 0.222. The lowest BCUT2D eigenvalue weighted by Gasteiger charge is -2.08. The van der Waals surface area contributed by atoms with Crippen LogP contribution in [0.4, 0.5) is 0 Å². The van der Waals surface area contributed by atoms with E-state index in [9.17, 15) is 19.6 Å². The molecule has 0 amide bonds. The second kappa shape index (κ2) is 6.98. The van der Waals surface area contributed by atoms with E-state index in [0.717, 1.165) is 11.3 Å². The van der Waals surface area contributed by atoms with Crippen LogP contribution in [0.2, 0.25) is 0 Å². The standard InChI is InChI=1S/C18H14N2O5S/c1-3-24-17(22)12-14(21)13-15(26-16(12)18(23)25-4-2)10(9-19)11-7-5-6-8-20(11)13/h5-8H,3-4H2,1-2H3. The third-order valence-electron chi connectivity index (χ3n) is 3.72. The van der Waals surface area contributed by atoms with E-state index in [1.807, 2.05) is 0 Å². The van der Waals surface area contributed by atoms with E-state index < -0.39 is 17.4 Å². The van der Waals surface area contributed by atoms with Gasteiger partial charge in [-0.25, -0.2) is 9.59 Å². The average molecular weight is 370 g/mol. The third-order valence-corrected chi connectivity index (χ3v) is 4.90. The van der Waals surface area contributed by atoms with Crippen molar-refractivity contribution < 1.29 is 19.1 Å². The van der Waals surface area contributed by atoms with Crippen molar-refractivity contribution in [2.75, 3.05) is 13.2 Å². The number of pyridine rings is 1. The molecule has 3 aromatic rings. The first-order valence-corrected chi connectivity index (χ1v) is 8.70. The van der Waals surface area contributed by atoms with Crippen LogP contribution in [-0.4, -0.2) is 29.6 Å². The number of esters is 2. The maximum Gasteiger partial charge on any atom is 0.349 e. The van der Waals surface area contributed by atoms with Crippen LogP contribution in [0.25, 0.3) is 15.7 Å². The molecule has 3 heterocycles. The molecule has 0 aromatic carbocycles. The van der Waals surface area contributed by atoms with Crippen LogP contribution in [-0.2, 0) is 9.47 Å². The van der Waals surface area contributed by atoms with E-state index in [1.165, 1.54) is 0 Å². The lowest BCUT2D eigenvalue weighted by molar-refractivity contribution is 0.0482. The number of carbonyl (C=O) groups is 2. The Bertz CT molecular complexity index is 1140. The van der Waals surface area contributed by atoms with Gasteiger partial charge in [-0.1, -0.05) is 6.07 Å². The van der Waals surface area contributed by atoms with Crippen molar-refractivity contribution in [1.29, 1.82) is 5.26 Å². The Morgan fingerprint density at radius 2 is 1.88 bits per heavy atom. The van der Waals surface area contributed by atoms with Gasteiger partial charge >= 0.3 is 11.9 Å². The van der Waals surface area contributed by atoms with Crippen LogP contribution in [0.3, 0.4) is 0 Å². The quantitative estimate of drug-likeness (QED) is 0.655. The molecule has 0 atom stereocenters. The van der Waals surface area contributed by atoms with Gasteiger partial charge in [-0.05, 0) is 26.0 Å². The Balaban J connectivity index is 2.49. The zero-order valence-electron chi connectivity index (χ0n) is 14.1. The highest BCUT2D eigenvalue weighted by Gasteiger charge is 2.29. The molecule has 0 unspecified atom stereocenters. The van der Waals surface area contributed by atoms with Gasteiger partial charge in [0.2, 0.25) is 5.43 Å². The van der Waals surface area contributed by atoms with Crippen LogP contribution in [0.15, 0.2) is 29.2 Å². The summed E-state index contributed by atoms with van der Waals surface area (Å²) in [6.07, 6.45) is 1.63. The van der Waals surface area contributed by atoms with Crippen LogP contribution in [0.5, 0.6) is 0 Å². The topological polar surface area (TPSA) is 97.9 Å². The summed E-state index contributed by atoms with van der Waals surface area (Å²) in [7, 11) is 0. The van der Waals surface area contributed by atoms with Crippen molar-refractivity contribution in [3.05, 3.63) is 50.6 Å². The molecule has 132 valence electrons. The first kappa shape index (κ1) is 17.6. The summed E-state index contributed by atoms with van der Waals surface area (Å²) in [5.41, 5.74) is -0.0745. The van der Waals surface area contributed by atoms with E-state index in [4.69, 9.17) is 9.47 Å².